The number of esters is 1. The number of nitrogens with zero attached hydrogens (tertiary/aromatic N) is 1. The molecule has 3 aromatic carbocycles. The second kappa shape index (κ2) is 10.5. The fraction of sp³-hybridized carbons (Fsp3) is 0.258. The number of aryl methyl sites for hydroxylation is 2. The maximum absolute atomic E-state index is 13.5. The molecular formula is C31H31NO6. The molecule has 1 atom stereocenters. The van der Waals surface area contributed by atoms with E-state index in [9.17, 15) is 19.5 Å². The van der Waals surface area contributed by atoms with Gasteiger partial charge < -0.3 is 14.6 Å². The Morgan fingerprint density at radius 3 is 2.34 bits per heavy atom. The van der Waals surface area contributed by atoms with Crippen LogP contribution in [-0.4, -0.2) is 29.9 Å². The van der Waals surface area contributed by atoms with Crippen LogP contribution in [0.25, 0.3) is 5.76 Å². The van der Waals surface area contributed by atoms with E-state index < -0.39 is 23.7 Å². The number of carbonyl (C=O) groups excluding carboxylic acids is 3. The monoisotopic (exact) mass is 513 g/mol. The van der Waals surface area contributed by atoms with Gasteiger partial charge >= 0.3 is 5.97 Å². The summed E-state index contributed by atoms with van der Waals surface area (Å²) in [6.45, 7) is 9.19. The van der Waals surface area contributed by atoms with Crippen LogP contribution in [0.15, 0.2) is 66.2 Å². The predicted octanol–water partition coefficient (Wildman–Crippen LogP) is 5.99. The number of anilines is 1. The molecule has 1 heterocycles. The normalized spacial score (nSPS) is 16.7. The van der Waals surface area contributed by atoms with Crippen molar-refractivity contribution in [1.29, 1.82) is 0 Å². The summed E-state index contributed by atoms with van der Waals surface area (Å²) < 4.78 is 10.7. The van der Waals surface area contributed by atoms with Crippen molar-refractivity contribution in [2.24, 2.45) is 0 Å². The fourth-order valence-corrected chi connectivity index (χ4v) is 4.69. The Morgan fingerprint density at radius 2 is 1.71 bits per heavy atom. The van der Waals surface area contributed by atoms with E-state index >= 15 is 0 Å². The first kappa shape index (κ1) is 26.7. The van der Waals surface area contributed by atoms with E-state index in [0.717, 1.165) is 16.7 Å². The number of ketones is 1. The minimum atomic E-state index is -0.947. The van der Waals surface area contributed by atoms with E-state index in [2.05, 4.69) is 0 Å². The van der Waals surface area contributed by atoms with E-state index in [1.54, 1.807) is 55.6 Å². The zero-order valence-electron chi connectivity index (χ0n) is 22.4. The smallest absolute Gasteiger partial charge is 0.308 e. The van der Waals surface area contributed by atoms with Crippen LogP contribution in [0, 0.1) is 13.8 Å². The molecule has 0 bridgehead atoms. The summed E-state index contributed by atoms with van der Waals surface area (Å²) in [4.78, 5) is 40.0. The van der Waals surface area contributed by atoms with Gasteiger partial charge in [-0.2, -0.15) is 0 Å². The Labute approximate surface area is 222 Å². The molecule has 1 fully saturated rings. The number of ether oxygens (including phenoxy) is 2. The topological polar surface area (TPSA) is 93.1 Å². The van der Waals surface area contributed by atoms with Gasteiger partial charge in [0.05, 0.1) is 18.7 Å². The Morgan fingerprint density at radius 1 is 0.974 bits per heavy atom. The van der Waals surface area contributed by atoms with Gasteiger partial charge in [0.25, 0.3) is 11.7 Å². The summed E-state index contributed by atoms with van der Waals surface area (Å²) in [5, 5.41) is 11.5. The van der Waals surface area contributed by atoms with Gasteiger partial charge in [0.1, 0.15) is 17.3 Å². The lowest BCUT2D eigenvalue weighted by atomic mass is 9.93. The first-order chi connectivity index (χ1) is 18.0. The molecule has 1 saturated heterocycles. The number of aliphatic hydroxyl groups excluding tert-OH is 1. The molecule has 4 rings (SSSR count). The molecule has 1 aliphatic heterocycles. The second-order valence-corrected chi connectivity index (χ2v) is 9.72. The molecule has 0 aliphatic carbocycles. The van der Waals surface area contributed by atoms with Crippen molar-refractivity contribution in [3.63, 3.8) is 0 Å². The van der Waals surface area contributed by atoms with Crippen LogP contribution < -0.4 is 14.4 Å². The molecule has 196 valence electrons. The average Bonchev–Trinajstić information content (AvgIpc) is 3.14. The second-order valence-electron chi connectivity index (χ2n) is 9.72. The summed E-state index contributed by atoms with van der Waals surface area (Å²) in [5.41, 5.74) is 4.23. The maximum atomic E-state index is 13.5. The van der Waals surface area contributed by atoms with E-state index in [-0.39, 0.29) is 23.0 Å². The summed E-state index contributed by atoms with van der Waals surface area (Å²) in [6.07, 6.45) is 0. The van der Waals surface area contributed by atoms with Crippen LogP contribution in [0.1, 0.15) is 60.5 Å². The number of rotatable bonds is 6. The lowest BCUT2D eigenvalue weighted by molar-refractivity contribution is -0.132. The molecule has 0 spiro atoms. The molecule has 7 heteroatoms. The van der Waals surface area contributed by atoms with Gasteiger partial charge in [0.2, 0.25) is 0 Å². The number of benzene rings is 3. The van der Waals surface area contributed by atoms with E-state index in [1.165, 1.54) is 11.8 Å². The molecule has 38 heavy (non-hydrogen) atoms. The molecule has 0 radical (unpaired) electrons. The highest BCUT2D eigenvalue weighted by Crippen LogP contribution is 2.43. The molecule has 7 nitrogen and oxygen atoms in total. The minimum Gasteiger partial charge on any atom is -0.507 e. The van der Waals surface area contributed by atoms with E-state index in [4.69, 9.17) is 9.47 Å². The maximum Gasteiger partial charge on any atom is 0.308 e. The Bertz CT molecular complexity index is 1470. The molecule has 1 unspecified atom stereocenters. The zero-order chi connectivity index (χ0) is 27.7. The molecule has 1 amide bonds. The van der Waals surface area contributed by atoms with E-state index in [0.29, 0.717) is 22.6 Å². The number of amides is 1. The van der Waals surface area contributed by atoms with Crippen molar-refractivity contribution in [2.45, 2.75) is 46.6 Å². The van der Waals surface area contributed by atoms with Gasteiger partial charge in [-0.1, -0.05) is 32.0 Å². The first-order valence-corrected chi connectivity index (χ1v) is 12.4. The first-order valence-electron chi connectivity index (χ1n) is 12.4. The summed E-state index contributed by atoms with van der Waals surface area (Å²) in [6, 6.07) is 16.4. The standard InChI is InChI=1S/C31H31NO6/c1-17(2)25-16-22(11-13-26(25)37-6)29(34)27-28(21-8-7-9-24(15-21)38-20(5)33)32(31(36)30(27)35)23-12-10-18(3)19(4)14-23/h7-17,28,34H,1-6H3/b29-27+. The van der Waals surface area contributed by atoms with Crippen LogP contribution in [0.2, 0.25) is 0 Å². The average molecular weight is 514 g/mol. The minimum absolute atomic E-state index is 0.0481. The lowest BCUT2D eigenvalue weighted by Crippen LogP contribution is -2.29. The van der Waals surface area contributed by atoms with Gasteiger partial charge in [0, 0.05) is 18.2 Å². The van der Waals surface area contributed by atoms with Crippen molar-refractivity contribution >= 4 is 29.1 Å². The number of carbonyl (C=O) groups is 3. The third kappa shape index (κ3) is 4.92. The highest BCUT2D eigenvalue weighted by Gasteiger charge is 2.47. The third-order valence-electron chi connectivity index (χ3n) is 6.77. The number of methoxy groups -OCH3 is 1. The van der Waals surface area contributed by atoms with Crippen molar-refractivity contribution in [1.82, 2.24) is 0 Å². The van der Waals surface area contributed by atoms with Crippen LogP contribution in [-0.2, 0) is 14.4 Å². The molecule has 0 aromatic heterocycles. The van der Waals surface area contributed by atoms with Crippen LogP contribution >= 0.6 is 0 Å². The number of Topliss-reactive ketones (excluding diaryl/α,β-unsaturated/α-hetero) is 1. The largest absolute Gasteiger partial charge is 0.507 e. The molecule has 1 aliphatic rings. The van der Waals surface area contributed by atoms with Crippen molar-refractivity contribution in [3.05, 3.63) is 94.1 Å². The molecule has 3 aromatic rings. The van der Waals surface area contributed by atoms with Crippen LogP contribution in [0.4, 0.5) is 5.69 Å². The lowest BCUT2D eigenvalue weighted by Gasteiger charge is -2.26. The molecule has 1 N–H and O–H groups in total. The SMILES string of the molecule is COc1ccc(/C(O)=C2\C(=O)C(=O)N(c3ccc(C)c(C)c3)C2c2cccc(OC(C)=O)c2)cc1C(C)C. The van der Waals surface area contributed by atoms with Gasteiger partial charge in [-0.15, -0.1) is 0 Å². The summed E-state index contributed by atoms with van der Waals surface area (Å²) in [7, 11) is 1.58. The van der Waals surface area contributed by atoms with Gasteiger partial charge in [0.15, 0.2) is 0 Å². The predicted molar refractivity (Wildman–Crippen MR) is 146 cm³/mol. The number of hydrogen-bond acceptors (Lipinski definition) is 6. The summed E-state index contributed by atoms with van der Waals surface area (Å²) >= 11 is 0. The summed E-state index contributed by atoms with van der Waals surface area (Å²) in [5.74, 6) is -1.32. The van der Waals surface area contributed by atoms with Crippen molar-refractivity contribution in [3.8, 4) is 11.5 Å². The van der Waals surface area contributed by atoms with Gasteiger partial charge in [-0.05, 0) is 84.5 Å². The highest BCUT2D eigenvalue weighted by molar-refractivity contribution is 6.51. The van der Waals surface area contributed by atoms with Crippen molar-refractivity contribution < 1.29 is 29.0 Å². The Hall–Kier alpha value is -4.39. The van der Waals surface area contributed by atoms with Crippen molar-refractivity contribution in [2.75, 3.05) is 12.0 Å². The highest BCUT2D eigenvalue weighted by atomic mass is 16.5. The van der Waals surface area contributed by atoms with Gasteiger partial charge in [-0.25, -0.2) is 0 Å². The van der Waals surface area contributed by atoms with Gasteiger partial charge in [-0.3, -0.25) is 19.3 Å². The number of hydrogen-bond donors (Lipinski definition) is 1. The number of aliphatic hydroxyl groups is 1. The fourth-order valence-electron chi connectivity index (χ4n) is 4.69. The molecule has 0 saturated carbocycles. The third-order valence-corrected chi connectivity index (χ3v) is 6.77. The Balaban J connectivity index is 1.97. The zero-order valence-corrected chi connectivity index (χ0v) is 22.4. The molecular weight excluding hydrogens is 482 g/mol. The van der Waals surface area contributed by atoms with Crippen LogP contribution in [0.5, 0.6) is 11.5 Å². The van der Waals surface area contributed by atoms with Crippen LogP contribution in [0.3, 0.4) is 0 Å². The Kier molecular flexibility index (Phi) is 7.39. The quantitative estimate of drug-likeness (QED) is 0.143. The van der Waals surface area contributed by atoms with E-state index in [1.807, 2.05) is 39.8 Å².